The van der Waals surface area contributed by atoms with Gasteiger partial charge in [0.05, 0.1) is 0 Å². The Balaban J connectivity index is 1.53. The molecular formula is C25H31NO5. The smallest absolute Gasteiger partial charge is 0.303 e. The Morgan fingerprint density at radius 2 is 2.06 bits per heavy atom. The van der Waals surface area contributed by atoms with Gasteiger partial charge < -0.3 is 9.47 Å². The number of nitrogens with zero attached hydrogens (tertiary/aromatic N) is 1. The lowest BCUT2D eigenvalue weighted by Crippen LogP contribution is -2.59. The van der Waals surface area contributed by atoms with Crippen molar-refractivity contribution in [3.8, 4) is 0 Å². The molecule has 0 radical (unpaired) electrons. The number of carbonyl (C=O) groups is 3. The van der Waals surface area contributed by atoms with Gasteiger partial charge in [-0.25, -0.2) is 4.99 Å². The van der Waals surface area contributed by atoms with Crippen molar-refractivity contribution in [3.63, 3.8) is 0 Å². The molecule has 0 aromatic heterocycles. The number of carbonyl (C=O) groups excluding carboxylic acids is 3. The number of ketones is 2. The van der Waals surface area contributed by atoms with Crippen LogP contribution in [0.4, 0.5) is 0 Å². The van der Waals surface area contributed by atoms with Crippen molar-refractivity contribution in [2.75, 3.05) is 6.61 Å². The maximum absolute atomic E-state index is 13.5. The molecule has 166 valence electrons. The molecule has 0 amide bonds. The van der Waals surface area contributed by atoms with E-state index in [0.717, 1.165) is 25.7 Å². The minimum atomic E-state index is -0.981. The van der Waals surface area contributed by atoms with Crippen LogP contribution in [0.5, 0.6) is 0 Å². The zero-order valence-electron chi connectivity index (χ0n) is 18.8. The fourth-order valence-electron chi connectivity index (χ4n) is 7.75. The van der Waals surface area contributed by atoms with Gasteiger partial charge in [-0.2, -0.15) is 0 Å². The zero-order valence-corrected chi connectivity index (χ0v) is 18.8. The van der Waals surface area contributed by atoms with E-state index in [1.807, 2.05) is 6.92 Å². The molecule has 5 aliphatic rings. The molecule has 0 saturated heterocycles. The second kappa shape index (κ2) is 6.63. The van der Waals surface area contributed by atoms with Gasteiger partial charge in [-0.15, -0.1) is 0 Å². The number of ether oxygens (including phenoxy) is 2. The van der Waals surface area contributed by atoms with E-state index in [1.165, 1.54) is 12.5 Å². The molecule has 6 nitrogen and oxygen atoms in total. The number of Topliss-reactive ketones (excluding diaryl/α,β-unsaturated/α-hetero) is 1. The lowest BCUT2D eigenvalue weighted by Gasteiger charge is -2.57. The second-order valence-corrected chi connectivity index (χ2v) is 10.5. The summed E-state index contributed by atoms with van der Waals surface area (Å²) in [4.78, 5) is 41.8. The average molecular weight is 426 g/mol. The minimum Gasteiger partial charge on any atom is -0.475 e. The van der Waals surface area contributed by atoms with E-state index in [2.05, 4.69) is 26.0 Å². The van der Waals surface area contributed by atoms with Gasteiger partial charge in [-0.3, -0.25) is 14.4 Å². The van der Waals surface area contributed by atoms with E-state index >= 15 is 0 Å². The number of allylic oxidation sites excluding steroid dienone is 4. The van der Waals surface area contributed by atoms with E-state index in [0.29, 0.717) is 24.2 Å². The van der Waals surface area contributed by atoms with Gasteiger partial charge >= 0.3 is 5.97 Å². The largest absolute Gasteiger partial charge is 0.475 e. The lowest BCUT2D eigenvalue weighted by molar-refractivity contribution is -0.150. The third kappa shape index (κ3) is 2.63. The quantitative estimate of drug-likeness (QED) is 0.510. The highest BCUT2D eigenvalue weighted by Gasteiger charge is 2.73. The Morgan fingerprint density at radius 3 is 2.81 bits per heavy atom. The molecule has 6 heteroatoms. The van der Waals surface area contributed by atoms with Crippen molar-refractivity contribution in [2.45, 2.75) is 71.4 Å². The predicted molar refractivity (Wildman–Crippen MR) is 114 cm³/mol. The molecule has 0 aromatic rings. The maximum atomic E-state index is 13.5. The highest BCUT2D eigenvalue weighted by atomic mass is 16.5. The van der Waals surface area contributed by atoms with Crippen molar-refractivity contribution in [2.24, 2.45) is 33.6 Å². The molecule has 2 fully saturated rings. The summed E-state index contributed by atoms with van der Waals surface area (Å²) in [5.74, 6) is 1.28. The lowest BCUT2D eigenvalue weighted by atomic mass is 9.47. The molecule has 0 aromatic carbocycles. The Hall–Kier alpha value is -2.24. The van der Waals surface area contributed by atoms with Crippen LogP contribution in [-0.4, -0.2) is 41.7 Å². The van der Waals surface area contributed by atoms with Gasteiger partial charge in [0.2, 0.25) is 5.78 Å². The highest BCUT2D eigenvalue weighted by molar-refractivity contribution is 5.97. The Kier molecular flexibility index (Phi) is 4.42. The van der Waals surface area contributed by atoms with Crippen molar-refractivity contribution in [1.29, 1.82) is 0 Å². The number of hydrogen-bond donors (Lipinski definition) is 0. The van der Waals surface area contributed by atoms with E-state index in [-0.39, 0.29) is 41.0 Å². The highest BCUT2D eigenvalue weighted by Crippen LogP contribution is 2.68. The SMILES string of the molecule is CC(=O)OCC(=O)[C@@]12N=C(C)O[C@@H]1C[C@H]1[C@@H]3CC=C4CC(=O)C=C[C@]4(C)[C@H]3CC[C@@]12C. The number of hydrogen-bond acceptors (Lipinski definition) is 6. The molecule has 2 saturated carbocycles. The van der Waals surface area contributed by atoms with E-state index in [4.69, 9.17) is 14.5 Å². The van der Waals surface area contributed by atoms with Crippen LogP contribution >= 0.6 is 0 Å². The summed E-state index contributed by atoms with van der Waals surface area (Å²) in [7, 11) is 0. The summed E-state index contributed by atoms with van der Waals surface area (Å²) in [5.41, 5.74) is -0.159. The molecule has 4 aliphatic carbocycles. The standard InChI is InChI=1S/C25H31NO5/c1-14-26-25(21(29)13-30-15(2)27)22(31-14)12-20-18-6-5-16-11-17(28)7-9-23(16,3)19(18)8-10-24(20,25)4/h5,7,9,18-20,22H,6,8,10-13H2,1-4H3/t18-,19+,20+,22-,23+,24+,25-/m1/s1. The summed E-state index contributed by atoms with van der Waals surface area (Å²) in [6, 6.07) is 0. The predicted octanol–water partition coefficient (Wildman–Crippen LogP) is 3.59. The first-order valence-electron chi connectivity index (χ1n) is 11.4. The molecule has 0 spiro atoms. The molecule has 1 aliphatic heterocycles. The van der Waals surface area contributed by atoms with Gasteiger partial charge in [0, 0.05) is 31.1 Å². The Morgan fingerprint density at radius 1 is 1.29 bits per heavy atom. The molecular weight excluding hydrogens is 394 g/mol. The first-order valence-corrected chi connectivity index (χ1v) is 11.4. The van der Waals surface area contributed by atoms with Crippen LogP contribution in [0.15, 0.2) is 28.8 Å². The topological polar surface area (TPSA) is 82.0 Å². The first kappa shape index (κ1) is 20.7. The zero-order chi connectivity index (χ0) is 22.2. The van der Waals surface area contributed by atoms with Crippen molar-refractivity contribution in [3.05, 3.63) is 23.8 Å². The summed E-state index contributed by atoms with van der Waals surface area (Å²) in [6.07, 6.45) is 9.96. The number of esters is 1. The first-order chi connectivity index (χ1) is 14.6. The summed E-state index contributed by atoms with van der Waals surface area (Å²) < 4.78 is 11.2. The molecule has 0 N–H and O–H groups in total. The second-order valence-electron chi connectivity index (χ2n) is 10.5. The van der Waals surface area contributed by atoms with Crippen LogP contribution in [0, 0.1) is 28.6 Å². The summed E-state index contributed by atoms with van der Waals surface area (Å²) >= 11 is 0. The van der Waals surface area contributed by atoms with Crippen LogP contribution in [0.3, 0.4) is 0 Å². The van der Waals surface area contributed by atoms with Crippen LogP contribution in [-0.2, 0) is 23.9 Å². The van der Waals surface area contributed by atoms with E-state index in [9.17, 15) is 14.4 Å². The third-order valence-electron chi connectivity index (χ3n) is 9.19. The average Bonchev–Trinajstić information content (AvgIpc) is 3.17. The number of aliphatic imine (C=N–C) groups is 1. The number of rotatable bonds is 3. The Labute approximate surface area is 183 Å². The number of fused-ring (bicyclic) bond motifs is 7. The summed E-state index contributed by atoms with van der Waals surface area (Å²) in [5, 5.41) is 0. The van der Waals surface area contributed by atoms with Gasteiger partial charge in [-0.1, -0.05) is 31.6 Å². The minimum absolute atomic E-state index is 0.0924. The van der Waals surface area contributed by atoms with Gasteiger partial charge in [0.1, 0.15) is 6.10 Å². The van der Waals surface area contributed by atoms with Crippen LogP contribution < -0.4 is 0 Å². The van der Waals surface area contributed by atoms with Crippen LogP contribution in [0.2, 0.25) is 0 Å². The molecule has 31 heavy (non-hydrogen) atoms. The molecule has 7 atom stereocenters. The fraction of sp³-hybridized carbons (Fsp3) is 0.680. The van der Waals surface area contributed by atoms with E-state index in [1.54, 1.807) is 6.08 Å². The van der Waals surface area contributed by atoms with Gasteiger partial charge in [-0.05, 0) is 49.5 Å². The molecule has 0 unspecified atom stereocenters. The Bertz CT molecular complexity index is 963. The summed E-state index contributed by atoms with van der Waals surface area (Å²) in [6.45, 7) is 7.35. The van der Waals surface area contributed by atoms with Crippen molar-refractivity contribution >= 4 is 23.4 Å². The van der Waals surface area contributed by atoms with Crippen LogP contribution in [0.1, 0.15) is 59.8 Å². The normalized spacial score (nSPS) is 44.8. The van der Waals surface area contributed by atoms with Gasteiger partial charge in [0.25, 0.3) is 0 Å². The molecule has 0 bridgehead atoms. The molecule has 1 heterocycles. The molecule has 5 rings (SSSR count). The monoisotopic (exact) mass is 425 g/mol. The van der Waals surface area contributed by atoms with Crippen LogP contribution in [0.25, 0.3) is 0 Å². The van der Waals surface area contributed by atoms with Crippen molar-refractivity contribution in [1.82, 2.24) is 0 Å². The maximum Gasteiger partial charge on any atom is 0.303 e. The van der Waals surface area contributed by atoms with Gasteiger partial charge in [0.15, 0.2) is 23.8 Å². The third-order valence-corrected chi connectivity index (χ3v) is 9.19. The van der Waals surface area contributed by atoms with E-state index < -0.39 is 11.5 Å². The fourth-order valence-corrected chi connectivity index (χ4v) is 7.75. The van der Waals surface area contributed by atoms with Crippen molar-refractivity contribution < 1.29 is 23.9 Å².